The summed E-state index contributed by atoms with van der Waals surface area (Å²) in [5.41, 5.74) is 3.40. The zero-order valence-corrected chi connectivity index (χ0v) is 16.0. The lowest BCUT2D eigenvalue weighted by atomic mass is 9.95. The first-order chi connectivity index (χ1) is 13.2. The predicted molar refractivity (Wildman–Crippen MR) is 103 cm³/mol. The number of rotatable bonds is 4. The fourth-order valence-corrected chi connectivity index (χ4v) is 3.97. The van der Waals surface area contributed by atoms with Gasteiger partial charge in [-0.15, -0.1) is 0 Å². The van der Waals surface area contributed by atoms with Crippen LogP contribution >= 0.6 is 0 Å². The van der Waals surface area contributed by atoms with E-state index in [0.29, 0.717) is 18.9 Å². The normalized spacial score (nSPS) is 18.3. The van der Waals surface area contributed by atoms with E-state index in [9.17, 15) is 4.79 Å². The second kappa shape index (κ2) is 8.13. The highest BCUT2D eigenvalue weighted by Gasteiger charge is 2.25. The van der Waals surface area contributed by atoms with Crippen molar-refractivity contribution in [2.24, 2.45) is 0 Å². The van der Waals surface area contributed by atoms with Gasteiger partial charge in [-0.1, -0.05) is 0 Å². The van der Waals surface area contributed by atoms with E-state index in [0.717, 1.165) is 68.0 Å². The highest BCUT2D eigenvalue weighted by atomic mass is 16.2. The molecule has 27 heavy (non-hydrogen) atoms. The number of aryl methyl sites for hydroxylation is 1. The van der Waals surface area contributed by atoms with Gasteiger partial charge in [0.25, 0.3) is 0 Å². The molecule has 1 fully saturated rings. The van der Waals surface area contributed by atoms with Gasteiger partial charge in [-0.25, -0.2) is 9.97 Å². The zero-order valence-electron chi connectivity index (χ0n) is 16.0. The predicted octanol–water partition coefficient (Wildman–Crippen LogP) is 2.20. The molecule has 0 N–H and O–H groups in total. The topological polar surface area (TPSA) is 62.2 Å². The van der Waals surface area contributed by atoms with Gasteiger partial charge in [-0.2, -0.15) is 0 Å². The second-order valence-electron chi connectivity index (χ2n) is 7.70. The Kier molecular flexibility index (Phi) is 5.43. The minimum absolute atomic E-state index is 0.205. The number of nitrogens with zero attached hydrogens (tertiary/aromatic N) is 5. The SMILES string of the molecule is CN1CCC(c2ncc3c(n2)CCN(C(=O)CCc2ccncc2)C3)CC1. The number of amides is 1. The van der Waals surface area contributed by atoms with E-state index in [1.54, 1.807) is 12.4 Å². The fraction of sp³-hybridized carbons (Fsp3) is 0.524. The summed E-state index contributed by atoms with van der Waals surface area (Å²) in [7, 11) is 2.17. The van der Waals surface area contributed by atoms with Crippen LogP contribution in [-0.4, -0.2) is 57.3 Å². The van der Waals surface area contributed by atoms with E-state index in [4.69, 9.17) is 4.98 Å². The van der Waals surface area contributed by atoms with Crippen LogP contribution in [0.2, 0.25) is 0 Å². The lowest BCUT2D eigenvalue weighted by Crippen LogP contribution is -2.37. The summed E-state index contributed by atoms with van der Waals surface area (Å²) < 4.78 is 0. The fourth-order valence-electron chi connectivity index (χ4n) is 3.97. The minimum atomic E-state index is 0.205. The summed E-state index contributed by atoms with van der Waals surface area (Å²) >= 11 is 0. The smallest absolute Gasteiger partial charge is 0.223 e. The number of pyridine rings is 1. The number of likely N-dealkylation sites (tertiary alicyclic amines) is 1. The van der Waals surface area contributed by atoms with Gasteiger partial charge >= 0.3 is 0 Å². The average Bonchev–Trinajstić information content (AvgIpc) is 2.72. The highest BCUT2D eigenvalue weighted by molar-refractivity contribution is 5.76. The molecule has 0 atom stereocenters. The van der Waals surface area contributed by atoms with Gasteiger partial charge in [0, 0.05) is 56.0 Å². The summed E-state index contributed by atoms with van der Waals surface area (Å²) in [5, 5.41) is 0. The van der Waals surface area contributed by atoms with Gasteiger partial charge in [-0.3, -0.25) is 9.78 Å². The van der Waals surface area contributed by atoms with Crippen molar-refractivity contribution >= 4 is 5.91 Å². The number of hydrogen-bond donors (Lipinski definition) is 0. The lowest BCUT2D eigenvalue weighted by Gasteiger charge is -2.30. The van der Waals surface area contributed by atoms with Crippen LogP contribution < -0.4 is 0 Å². The van der Waals surface area contributed by atoms with E-state index in [1.807, 2.05) is 23.2 Å². The number of aromatic nitrogens is 3. The molecule has 2 aliphatic heterocycles. The van der Waals surface area contributed by atoms with Crippen LogP contribution in [0.1, 0.15) is 47.8 Å². The molecule has 6 heteroatoms. The zero-order chi connectivity index (χ0) is 18.6. The molecule has 6 nitrogen and oxygen atoms in total. The Hall–Kier alpha value is -2.34. The Bertz CT molecular complexity index is 786. The molecule has 0 aliphatic carbocycles. The second-order valence-corrected chi connectivity index (χ2v) is 7.70. The van der Waals surface area contributed by atoms with Gasteiger partial charge < -0.3 is 9.80 Å². The van der Waals surface area contributed by atoms with Gasteiger partial charge in [-0.05, 0) is 57.1 Å². The van der Waals surface area contributed by atoms with E-state index in [2.05, 4.69) is 21.9 Å². The van der Waals surface area contributed by atoms with Crippen LogP contribution in [0.4, 0.5) is 0 Å². The number of piperidine rings is 1. The molecule has 0 unspecified atom stereocenters. The quantitative estimate of drug-likeness (QED) is 0.831. The van der Waals surface area contributed by atoms with E-state index in [1.165, 1.54) is 0 Å². The van der Waals surface area contributed by atoms with E-state index < -0.39 is 0 Å². The third kappa shape index (κ3) is 4.33. The number of fused-ring (bicyclic) bond motifs is 1. The molecule has 2 aliphatic rings. The van der Waals surface area contributed by atoms with E-state index in [-0.39, 0.29) is 5.91 Å². The van der Waals surface area contributed by atoms with Crippen LogP contribution in [0.15, 0.2) is 30.7 Å². The first kappa shape index (κ1) is 18.0. The molecule has 142 valence electrons. The van der Waals surface area contributed by atoms with Gasteiger partial charge in [0.2, 0.25) is 5.91 Å². The van der Waals surface area contributed by atoms with Crippen LogP contribution in [0.3, 0.4) is 0 Å². The maximum atomic E-state index is 12.6. The Morgan fingerprint density at radius 2 is 1.96 bits per heavy atom. The molecule has 0 saturated carbocycles. The number of carbonyl (C=O) groups is 1. The molecule has 4 rings (SSSR count). The van der Waals surface area contributed by atoms with Crippen molar-refractivity contribution in [2.75, 3.05) is 26.7 Å². The van der Waals surface area contributed by atoms with Crippen LogP contribution in [-0.2, 0) is 24.2 Å². The van der Waals surface area contributed by atoms with Crippen molar-refractivity contribution in [3.8, 4) is 0 Å². The van der Waals surface area contributed by atoms with Crippen molar-refractivity contribution in [1.29, 1.82) is 0 Å². The molecule has 2 aromatic rings. The van der Waals surface area contributed by atoms with Crippen molar-refractivity contribution in [2.45, 2.75) is 44.6 Å². The Morgan fingerprint density at radius 3 is 2.74 bits per heavy atom. The monoisotopic (exact) mass is 365 g/mol. The standard InChI is InChI=1S/C21H27N5O/c1-25-11-6-17(7-12-25)21-23-14-18-15-26(13-8-19(18)24-21)20(27)3-2-16-4-9-22-10-5-16/h4-5,9-10,14,17H,2-3,6-8,11-13,15H2,1H3. The Balaban J connectivity index is 1.36. The molecule has 1 amide bonds. The maximum Gasteiger partial charge on any atom is 0.223 e. The average molecular weight is 365 g/mol. The van der Waals surface area contributed by atoms with Crippen LogP contribution in [0, 0.1) is 0 Å². The Labute approximate surface area is 160 Å². The summed E-state index contributed by atoms with van der Waals surface area (Å²) in [6.45, 7) is 3.62. The third-order valence-corrected chi connectivity index (χ3v) is 5.77. The van der Waals surface area contributed by atoms with Crippen molar-refractivity contribution in [1.82, 2.24) is 24.8 Å². The number of carbonyl (C=O) groups excluding carboxylic acids is 1. The van der Waals surface area contributed by atoms with E-state index >= 15 is 0 Å². The maximum absolute atomic E-state index is 12.6. The molecule has 0 radical (unpaired) electrons. The molecule has 4 heterocycles. The first-order valence-corrected chi connectivity index (χ1v) is 9.89. The summed E-state index contributed by atoms with van der Waals surface area (Å²) in [6, 6.07) is 3.94. The van der Waals surface area contributed by atoms with Crippen LogP contribution in [0.25, 0.3) is 0 Å². The largest absolute Gasteiger partial charge is 0.338 e. The Morgan fingerprint density at radius 1 is 1.19 bits per heavy atom. The van der Waals surface area contributed by atoms with Crippen LogP contribution in [0.5, 0.6) is 0 Å². The summed E-state index contributed by atoms with van der Waals surface area (Å²) in [6.07, 6.45) is 9.90. The molecule has 0 aromatic carbocycles. The van der Waals surface area contributed by atoms with Crippen molar-refractivity contribution < 1.29 is 4.79 Å². The van der Waals surface area contributed by atoms with Crippen molar-refractivity contribution in [3.63, 3.8) is 0 Å². The highest BCUT2D eigenvalue weighted by Crippen LogP contribution is 2.26. The van der Waals surface area contributed by atoms with Crippen molar-refractivity contribution in [3.05, 3.63) is 53.4 Å². The summed E-state index contributed by atoms with van der Waals surface area (Å²) in [5.74, 6) is 1.68. The van der Waals surface area contributed by atoms with Gasteiger partial charge in [0.15, 0.2) is 0 Å². The molecule has 1 saturated heterocycles. The molecular formula is C21H27N5O. The van der Waals surface area contributed by atoms with Gasteiger partial charge in [0.05, 0.1) is 5.69 Å². The van der Waals surface area contributed by atoms with Gasteiger partial charge in [0.1, 0.15) is 5.82 Å². The molecular weight excluding hydrogens is 338 g/mol. The molecule has 0 bridgehead atoms. The third-order valence-electron chi connectivity index (χ3n) is 5.77. The first-order valence-electron chi connectivity index (χ1n) is 9.89. The molecule has 0 spiro atoms. The number of hydrogen-bond acceptors (Lipinski definition) is 5. The minimum Gasteiger partial charge on any atom is -0.338 e. The molecule has 2 aromatic heterocycles. The lowest BCUT2D eigenvalue weighted by molar-refractivity contribution is -0.132. The summed E-state index contributed by atoms with van der Waals surface area (Å²) in [4.78, 5) is 30.5.